The molecule has 0 saturated carbocycles. The topological polar surface area (TPSA) is 81.1 Å². The summed E-state index contributed by atoms with van der Waals surface area (Å²) in [5, 5.41) is 6.02. The van der Waals surface area contributed by atoms with Crippen molar-refractivity contribution in [2.75, 3.05) is 18.4 Å². The van der Waals surface area contributed by atoms with Crippen molar-refractivity contribution in [3.8, 4) is 17.3 Å². The number of nitrogens with one attached hydrogen (secondary N) is 2. The lowest BCUT2D eigenvalue weighted by atomic mass is 10.2. The molecule has 0 aliphatic heterocycles. The van der Waals surface area contributed by atoms with E-state index in [9.17, 15) is 9.18 Å². The lowest BCUT2D eigenvalue weighted by Crippen LogP contribution is -2.28. The number of carbonyl (C=O) groups excluding carboxylic acids is 1. The van der Waals surface area contributed by atoms with Crippen LogP contribution in [0, 0.1) is 5.82 Å². The number of hydrogen-bond acceptors (Lipinski definition) is 5. The van der Waals surface area contributed by atoms with Crippen molar-refractivity contribution >= 4 is 11.7 Å². The molecule has 156 valence electrons. The van der Waals surface area contributed by atoms with Gasteiger partial charge < -0.3 is 19.9 Å². The molecule has 0 fully saturated rings. The van der Waals surface area contributed by atoms with Gasteiger partial charge >= 0.3 is 0 Å². The molecule has 2 aromatic carbocycles. The zero-order chi connectivity index (χ0) is 21.5. The summed E-state index contributed by atoms with van der Waals surface area (Å²) in [5.74, 6) is 1.86. The average molecular weight is 417 g/mol. The largest absolute Gasteiger partial charge is 0.457 e. The molecule has 8 heteroatoms. The van der Waals surface area contributed by atoms with Crippen LogP contribution in [0.15, 0.2) is 85.5 Å². The third kappa shape index (κ3) is 5.45. The monoisotopic (exact) mass is 417 g/mol. The number of halogens is 1. The number of anilines is 1. The minimum atomic E-state index is -0.336. The average Bonchev–Trinajstić information content (AvgIpc) is 3.34. The molecule has 0 unspecified atom stereocenters. The van der Waals surface area contributed by atoms with Crippen molar-refractivity contribution in [3.05, 3.63) is 96.8 Å². The molecule has 2 aromatic heterocycles. The van der Waals surface area contributed by atoms with Crippen LogP contribution in [0.1, 0.15) is 10.4 Å². The highest BCUT2D eigenvalue weighted by Gasteiger charge is 2.07. The van der Waals surface area contributed by atoms with Crippen LogP contribution in [0.4, 0.5) is 10.2 Å². The van der Waals surface area contributed by atoms with Crippen molar-refractivity contribution in [2.24, 2.45) is 0 Å². The summed E-state index contributed by atoms with van der Waals surface area (Å²) in [6, 6.07) is 18.2. The highest BCUT2D eigenvalue weighted by Crippen LogP contribution is 2.22. The third-order valence-electron chi connectivity index (χ3n) is 4.38. The number of benzene rings is 2. The van der Waals surface area contributed by atoms with Gasteiger partial charge in [0, 0.05) is 37.1 Å². The van der Waals surface area contributed by atoms with Gasteiger partial charge in [0.25, 0.3) is 5.91 Å². The Morgan fingerprint density at radius 1 is 0.935 bits per heavy atom. The van der Waals surface area contributed by atoms with Crippen LogP contribution < -0.4 is 15.4 Å². The molecule has 0 bridgehead atoms. The fourth-order valence-corrected chi connectivity index (χ4v) is 2.88. The van der Waals surface area contributed by atoms with Gasteiger partial charge in [-0.15, -0.1) is 0 Å². The van der Waals surface area contributed by atoms with E-state index in [-0.39, 0.29) is 11.7 Å². The van der Waals surface area contributed by atoms with Gasteiger partial charge in [-0.1, -0.05) is 6.07 Å². The first-order valence-electron chi connectivity index (χ1n) is 9.68. The Morgan fingerprint density at radius 3 is 2.55 bits per heavy atom. The fraction of sp³-hybridized carbons (Fsp3) is 0.0870. The van der Waals surface area contributed by atoms with E-state index in [2.05, 4.69) is 20.6 Å². The molecule has 0 saturated heterocycles. The van der Waals surface area contributed by atoms with Crippen LogP contribution in [-0.4, -0.2) is 33.5 Å². The van der Waals surface area contributed by atoms with Crippen LogP contribution in [0.2, 0.25) is 0 Å². The van der Waals surface area contributed by atoms with Gasteiger partial charge in [-0.25, -0.2) is 14.4 Å². The van der Waals surface area contributed by atoms with Gasteiger partial charge in [0.1, 0.15) is 35.3 Å². The molecule has 0 atom stereocenters. The van der Waals surface area contributed by atoms with Crippen LogP contribution in [-0.2, 0) is 0 Å². The Kier molecular flexibility index (Phi) is 6.18. The number of amides is 1. The van der Waals surface area contributed by atoms with Crippen LogP contribution in [0.25, 0.3) is 5.82 Å². The summed E-state index contributed by atoms with van der Waals surface area (Å²) in [5.41, 5.74) is 0.469. The Morgan fingerprint density at radius 2 is 1.74 bits per heavy atom. The molecule has 0 spiro atoms. The second-order valence-electron chi connectivity index (χ2n) is 6.62. The molecule has 0 radical (unpaired) electrons. The number of rotatable bonds is 8. The van der Waals surface area contributed by atoms with Gasteiger partial charge in [0.2, 0.25) is 0 Å². The van der Waals surface area contributed by atoms with E-state index in [1.165, 1.54) is 30.6 Å². The molecule has 7 nitrogen and oxygen atoms in total. The molecule has 31 heavy (non-hydrogen) atoms. The molecule has 4 rings (SSSR count). The first kappa shape index (κ1) is 20.1. The molecule has 2 heterocycles. The van der Waals surface area contributed by atoms with Crippen LogP contribution in [0.5, 0.6) is 11.5 Å². The number of nitrogens with zero attached hydrogens (tertiary/aromatic N) is 3. The Bertz CT molecular complexity index is 1150. The van der Waals surface area contributed by atoms with E-state index >= 15 is 0 Å². The summed E-state index contributed by atoms with van der Waals surface area (Å²) in [6.45, 7) is 0.907. The van der Waals surface area contributed by atoms with E-state index < -0.39 is 0 Å². The molecule has 4 aromatic rings. The number of carbonyl (C=O) groups is 1. The summed E-state index contributed by atoms with van der Waals surface area (Å²) < 4.78 is 20.6. The predicted molar refractivity (Wildman–Crippen MR) is 115 cm³/mol. The highest BCUT2D eigenvalue weighted by atomic mass is 19.1. The smallest absolute Gasteiger partial charge is 0.251 e. The van der Waals surface area contributed by atoms with Gasteiger partial charge in [-0.2, -0.15) is 0 Å². The fourth-order valence-electron chi connectivity index (χ4n) is 2.88. The van der Waals surface area contributed by atoms with Crippen molar-refractivity contribution < 1.29 is 13.9 Å². The van der Waals surface area contributed by atoms with Crippen molar-refractivity contribution in [1.29, 1.82) is 0 Å². The lowest BCUT2D eigenvalue weighted by Gasteiger charge is -2.10. The zero-order valence-electron chi connectivity index (χ0n) is 16.5. The number of aromatic nitrogens is 3. The van der Waals surface area contributed by atoms with E-state index in [0.717, 1.165) is 5.82 Å². The molecule has 0 aliphatic carbocycles. The van der Waals surface area contributed by atoms with E-state index in [0.29, 0.717) is 36.0 Å². The highest BCUT2D eigenvalue weighted by molar-refractivity contribution is 5.94. The second kappa shape index (κ2) is 9.53. The predicted octanol–water partition coefficient (Wildman–Crippen LogP) is 4.04. The summed E-state index contributed by atoms with van der Waals surface area (Å²) >= 11 is 0. The molecular formula is C23H20FN5O2. The van der Waals surface area contributed by atoms with Gasteiger partial charge in [0.15, 0.2) is 0 Å². The number of ether oxygens (including phenoxy) is 1. The lowest BCUT2D eigenvalue weighted by molar-refractivity contribution is 0.0955. The molecular weight excluding hydrogens is 397 g/mol. The summed E-state index contributed by atoms with van der Waals surface area (Å²) in [7, 11) is 0. The van der Waals surface area contributed by atoms with E-state index in [1.807, 2.05) is 35.2 Å². The maximum absolute atomic E-state index is 13.0. The van der Waals surface area contributed by atoms with Crippen LogP contribution in [0.3, 0.4) is 0 Å². The van der Waals surface area contributed by atoms with Gasteiger partial charge in [-0.05, 0) is 54.6 Å². The Balaban J connectivity index is 1.28. The summed E-state index contributed by atoms with van der Waals surface area (Å²) in [4.78, 5) is 20.9. The minimum Gasteiger partial charge on any atom is -0.457 e. The molecule has 2 N–H and O–H groups in total. The third-order valence-corrected chi connectivity index (χ3v) is 4.38. The maximum atomic E-state index is 13.0. The quantitative estimate of drug-likeness (QED) is 0.423. The van der Waals surface area contributed by atoms with Crippen LogP contribution >= 0.6 is 0 Å². The first-order chi connectivity index (χ1) is 15.2. The van der Waals surface area contributed by atoms with Gasteiger partial charge in [-0.3, -0.25) is 4.79 Å². The Labute approximate surface area is 178 Å². The maximum Gasteiger partial charge on any atom is 0.251 e. The van der Waals surface area contributed by atoms with Crippen molar-refractivity contribution in [3.63, 3.8) is 0 Å². The Hall–Kier alpha value is -4.20. The van der Waals surface area contributed by atoms with E-state index in [4.69, 9.17) is 4.74 Å². The van der Waals surface area contributed by atoms with Crippen molar-refractivity contribution in [2.45, 2.75) is 0 Å². The summed E-state index contributed by atoms with van der Waals surface area (Å²) in [6.07, 6.45) is 5.30. The second-order valence-corrected chi connectivity index (χ2v) is 6.62. The standard InChI is InChI=1S/C23H20FN5O2/c24-18-6-8-19(9-7-18)31-20-5-3-4-17(14-20)23(30)26-11-10-25-21-15-22(28-16-27-21)29-12-1-2-13-29/h1-9,12-16H,10-11H2,(H,26,30)(H,25,27,28). The number of hydrogen-bond donors (Lipinski definition) is 2. The zero-order valence-corrected chi connectivity index (χ0v) is 16.5. The molecule has 1 amide bonds. The first-order valence-corrected chi connectivity index (χ1v) is 9.68. The van der Waals surface area contributed by atoms with E-state index in [1.54, 1.807) is 24.3 Å². The normalized spacial score (nSPS) is 10.5. The SMILES string of the molecule is O=C(NCCNc1cc(-n2cccc2)ncn1)c1cccc(Oc2ccc(F)cc2)c1. The van der Waals surface area contributed by atoms with Gasteiger partial charge in [0.05, 0.1) is 0 Å². The van der Waals surface area contributed by atoms with Crippen molar-refractivity contribution in [1.82, 2.24) is 19.9 Å². The molecule has 0 aliphatic rings. The minimum absolute atomic E-state index is 0.220.